The summed E-state index contributed by atoms with van der Waals surface area (Å²) in [5.74, 6) is -0.210. The number of halogens is 1. The van der Waals surface area contributed by atoms with Crippen molar-refractivity contribution < 1.29 is 4.79 Å². The summed E-state index contributed by atoms with van der Waals surface area (Å²) in [6.07, 6.45) is 1.56. The molecule has 0 saturated carbocycles. The Morgan fingerprint density at radius 2 is 2.16 bits per heavy atom. The number of amides is 1. The number of hydrogen-bond donors (Lipinski definition) is 1. The summed E-state index contributed by atoms with van der Waals surface area (Å²) in [5.41, 5.74) is 2.41. The van der Waals surface area contributed by atoms with Gasteiger partial charge in [-0.15, -0.1) is 5.10 Å². The van der Waals surface area contributed by atoms with Gasteiger partial charge in [0.05, 0.1) is 16.6 Å². The minimum absolute atomic E-state index is 0.210. The SMILES string of the molecule is Cc1cccc(-n2nnnc2SC(C)C(=O)Nc2cccnc2Cl)c1. The van der Waals surface area contributed by atoms with E-state index in [1.807, 2.05) is 31.2 Å². The van der Waals surface area contributed by atoms with Crippen molar-refractivity contribution in [3.8, 4) is 5.69 Å². The van der Waals surface area contributed by atoms with Gasteiger partial charge in [0.15, 0.2) is 5.15 Å². The van der Waals surface area contributed by atoms with Crippen LogP contribution in [0.3, 0.4) is 0 Å². The Morgan fingerprint density at radius 1 is 1.32 bits per heavy atom. The molecule has 0 radical (unpaired) electrons. The van der Waals surface area contributed by atoms with E-state index in [9.17, 15) is 4.79 Å². The maximum atomic E-state index is 12.4. The lowest BCUT2D eigenvalue weighted by atomic mass is 10.2. The van der Waals surface area contributed by atoms with Gasteiger partial charge in [0, 0.05) is 6.20 Å². The van der Waals surface area contributed by atoms with Gasteiger partial charge in [-0.1, -0.05) is 35.5 Å². The largest absolute Gasteiger partial charge is 0.322 e. The maximum Gasteiger partial charge on any atom is 0.237 e. The topological polar surface area (TPSA) is 85.6 Å². The molecule has 2 heterocycles. The zero-order valence-electron chi connectivity index (χ0n) is 13.5. The molecule has 2 aromatic heterocycles. The summed E-state index contributed by atoms with van der Waals surface area (Å²) >= 11 is 7.23. The number of benzene rings is 1. The van der Waals surface area contributed by atoms with Crippen LogP contribution in [-0.2, 0) is 4.79 Å². The number of pyridine rings is 1. The van der Waals surface area contributed by atoms with Crippen molar-refractivity contribution in [3.63, 3.8) is 0 Å². The number of tetrazole rings is 1. The number of anilines is 1. The van der Waals surface area contributed by atoms with Gasteiger partial charge < -0.3 is 5.32 Å². The number of rotatable bonds is 5. The number of nitrogens with zero attached hydrogens (tertiary/aromatic N) is 5. The molecular weight excluding hydrogens is 360 g/mol. The lowest BCUT2D eigenvalue weighted by molar-refractivity contribution is -0.115. The molecule has 1 unspecified atom stereocenters. The molecule has 3 aromatic rings. The van der Waals surface area contributed by atoms with Gasteiger partial charge in [-0.05, 0) is 54.1 Å². The number of carbonyl (C=O) groups excluding carboxylic acids is 1. The van der Waals surface area contributed by atoms with E-state index in [1.165, 1.54) is 11.8 Å². The highest BCUT2D eigenvalue weighted by Crippen LogP contribution is 2.25. The first-order valence-electron chi connectivity index (χ1n) is 7.48. The smallest absolute Gasteiger partial charge is 0.237 e. The number of carbonyl (C=O) groups is 1. The molecule has 0 saturated heterocycles. The van der Waals surface area contributed by atoms with E-state index in [0.717, 1.165) is 11.3 Å². The van der Waals surface area contributed by atoms with Crippen molar-refractivity contribution in [2.75, 3.05) is 5.32 Å². The molecule has 1 atom stereocenters. The highest BCUT2D eigenvalue weighted by Gasteiger charge is 2.20. The van der Waals surface area contributed by atoms with Gasteiger partial charge in [0.25, 0.3) is 0 Å². The van der Waals surface area contributed by atoms with E-state index in [4.69, 9.17) is 11.6 Å². The van der Waals surface area contributed by atoms with Gasteiger partial charge in [-0.2, -0.15) is 4.68 Å². The van der Waals surface area contributed by atoms with Crippen LogP contribution in [0.4, 0.5) is 5.69 Å². The third kappa shape index (κ3) is 4.15. The molecule has 1 aromatic carbocycles. The van der Waals surface area contributed by atoms with Gasteiger partial charge in [0.1, 0.15) is 0 Å². The van der Waals surface area contributed by atoms with Crippen LogP contribution in [0.15, 0.2) is 47.8 Å². The first-order chi connectivity index (χ1) is 12.0. The fraction of sp³-hybridized carbons (Fsp3) is 0.188. The molecular formula is C16H15ClN6OS. The molecule has 1 amide bonds. The van der Waals surface area contributed by atoms with Gasteiger partial charge in [0.2, 0.25) is 11.1 Å². The fourth-order valence-corrected chi connectivity index (χ4v) is 3.07. The maximum absolute atomic E-state index is 12.4. The second-order valence-electron chi connectivity index (χ2n) is 5.30. The lowest BCUT2D eigenvalue weighted by Crippen LogP contribution is -2.23. The van der Waals surface area contributed by atoms with Crippen molar-refractivity contribution in [2.24, 2.45) is 0 Å². The Balaban J connectivity index is 1.74. The fourth-order valence-electron chi connectivity index (χ4n) is 2.10. The van der Waals surface area contributed by atoms with Gasteiger partial charge >= 0.3 is 0 Å². The minimum atomic E-state index is -0.425. The summed E-state index contributed by atoms with van der Waals surface area (Å²) in [4.78, 5) is 16.3. The molecule has 3 rings (SSSR count). The van der Waals surface area contributed by atoms with Crippen LogP contribution in [-0.4, -0.2) is 36.3 Å². The normalized spacial score (nSPS) is 12.0. The van der Waals surface area contributed by atoms with Crippen molar-refractivity contribution in [2.45, 2.75) is 24.3 Å². The third-order valence-corrected chi connectivity index (χ3v) is 4.69. The predicted octanol–water partition coefficient (Wildman–Crippen LogP) is 3.14. The van der Waals surface area contributed by atoms with Crippen molar-refractivity contribution >= 4 is 35.0 Å². The number of nitrogens with one attached hydrogen (secondary N) is 1. The van der Waals surface area contributed by atoms with E-state index < -0.39 is 5.25 Å². The van der Waals surface area contributed by atoms with Crippen molar-refractivity contribution in [1.82, 2.24) is 25.2 Å². The molecule has 128 valence electrons. The zero-order valence-corrected chi connectivity index (χ0v) is 15.1. The number of aryl methyl sites for hydroxylation is 1. The number of hydrogen-bond acceptors (Lipinski definition) is 6. The summed E-state index contributed by atoms with van der Waals surface area (Å²) in [5, 5.41) is 14.9. The first-order valence-corrected chi connectivity index (χ1v) is 8.74. The van der Waals surface area contributed by atoms with Crippen molar-refractivity contribution in [3.05, 3.63) is 53.3 Å². The van der Waals surface area contributed by atoms with Crippen LogP contribution < -0.4 is 5.32 Å². The van der Waals surface area contributed by atoms with Gasteiger partial charge in [-0.3, -0.25) is 4.79 Å². The van der Waals surface area contributed by atoms with Gasteiger partial charge in [-0.25, -0.2) is 4.98 Å². The summed E-state index contributed by atoms with van der Waals surface area (Å²) in [6, 6.07) is 11.2. The highest BCUT2D eigenvalue weighted by atomic mass is 35.5. The number of aromatic nitrogens is 5. The Hall–Kier alpha value is -2.45. The molecule has 0 bridgehead atoms. The van der Waals surface area contributed by atoms with E-state index in [2.05, 4.69) is 25.8 Å². The van der Waals surface area contributed by atoms with Crippen LogP contribution in [0.2, 0.25) is 5.15 Å². The Bertz CT molecular complexity index is 900. The summed E-state index contributed by atoms with van der Waals surface area (Å²) < 4.78 is 1.61. The Kier molecular flexibility index (Phi) is 5.30. The monoisotopic (exact) mass is 374 g/mol. The average Bonchev–Trinajstić information content (AvgIpc) is 3.05. The Labute approximate surface area is 153 Å². The van der Waals surface area contributed by atoms with E-state index in [1.54, 1.807) is 29.9 Å². The van der Waals surface area contributed by atoms with Crippen LogP contribution in [0.25, 0.3) is 5.69 Å². The molecule has 9 heteroatoms. The Morgan fingerprint density at radius 3 is 2.92 bits per heavy atom. The minimum Gasteiger partial charge on any atom is -0.322 e. The van der Waals surface area contributed by atoms with Crippen molar-refractivity contribution in [1.29, 1.82) is 0 Å². The van der Waals surface area contributed by atoms with Crippen LogP contribution in [0.1, 0.15) is 12.5 Å². The average molecular weight is 375 g/mol. The van der Waals surface area contributed by atoms with E-state index in [0.29, 0.717) is 10.8 Å². The molecule has 0 spiro atoms. The third-order valence-electron chi connectivity index (χ3n) is 3.36. The van der Waals surface area contributed by atoms with Crippen LogP contribution in [0.5, 0.6) is 0 Å². The molecule has 0 aliphatic rings. The molecule has 25 heavy (non-hydrogen) atoms. The lowest BCUT2D eigenvalue weighted by Gasteiger charge is -2.12. The second-order valence-corrected chi connectivity index (χ2v) is 6.97. The summed E-state index contributed by atoms with van der Waals surface area (Å²) in [7, 11) is 0. The number of thioether (sulfide) groups is 1. The van der Waals surface area contributed by atoms with Crippen LogP contribution in [0, 0.1) is 6.92 Å². The van der Waals surface area contributed by atoms with Crippen LogP contribution >= 0.6 is 23.4 Å². The molecule has 1 N–H and O–H groups in total. The quantitative estimate of drug-likeness (QED) is 0.545. The zero-order chi connectivity index (χ0) is 17.8. The molecule has 0 fully saturated rings. The van der Waals surface area contributed by atoms with E-state index in [-0.39, 0.29) is 11.1 Å². The molecule has 0 aliphatic carbocycles. The highest BCUT2D eigenvalue weighted by molar-refractivity contribution is 8.00. The molecule has 7 nitrogen and oxygen atoms in total. The van der Waals surface area contributed by atoms with E-state index >= 15 is 0 Å². The second kappa shape index (κ2) is 7.62. The predicted molar refractivity (Wildman–Crippen MR) is 97.1 cm³/mol. The standard InChI is InChI=1S/C16H15ClN6OS/c1-10-5-3-6-12(9-10)23-16(20-21-22-23)25-11(2)15(24)19-13-7-4-8-18-14(13)17/h3-9,11H,1-2H3,(H,19,24). The molecule has 0 aliphatic heterocycles. The first kappa shape index (κ1) is 17.4. The summed E-state index contributed by atoms with van der Waals surface area (Å²) in [6.45, 7) is 3.77.